The number of rotatable bonds is 2. The van der Waals surface area contributed by atoms with Gasteiger partial charge >= 0.3 is 0 Å². The first-order valence-electron chi connectivity index (χ1n) is 5.01. The number of hydrogen-bond donors (Lipinski definition) is 1. The molecule has 1 N–H and O–H groups in total. The summed E-state index contributed by atoms with van der Waals surface area (Å²) in [4.78, 5) is 0. The van der Waals surface area contributed by atoms with Gasteiger partial charge in [-0.1, -0.05) is 6.07 Å². The average molecular weight is 194 g/mol. The first kappa shape index (κ1) is 9.66. The monoisotopic (exact) mass is 194 g/mol. The molecule has 0 spiro atoms. The molecule has 0 aliphatic heterocycles. The number of hydrogen-bond acceptors (Lipinski definition) is 1. The molecule has 0 amide bonds. The molecule has 1 aliphatic carbocycles. The second-order valence-corrected chi connectivity index (χ2v) is 4.38. The molecule has 2 rings (SSSR count). The van der Waals surface area contributed by atoms with Crippen LogP contribution in [-0.4, -0.2) is 5.11 Å². The largest absolute Gasteiger partial charge is 0.385 e. The number of aryl methyl sites for hydroxylation is 1. The normalized spacial score (nSPS) is 20.6. The topological polar surface area (TPSA) is 20.2 Å². The summed E-state index contributed by atoms with van der Waals surface area (Å²) in [5.41, 5.74) is 0.843. The summed E-state index contributed by atoms with van der Waals surface area (Å²) in [6, 6.07) is 4.61. The molecule has 1 aliphatic rings. The smallest absolute Gasteiger partial charge is 0.123 e. The van der Waals surface area contributed by atoms with E-state index < -0.39 is 5.60 Å². The maximum atomic E-state index is 13.1. The Morgan fingerprint density at radius 3 is 2.64 bits per heavy atom. The molecule has 14 heavy (non-hydrogen) atoms. The van der Waals surface area contributed by atoms with E-state index in [2.05, 4.69) is 0 Å². The van der Waals surface area contributed by atoms with Crippen molar-refractivity contribution in [3.05, 3.63) is 35.1 Å². The van der Waals surface area contributed by atoms with E-state index in [1.165, 1.54) is 12.1 Å². The molecule has 1 fully saturated rings. The Hall–Kier alpha value is -0.890. The predicted molar refractivity (Wildman–Crippen MR) is 53.4 cm³/mol. The van der Waals surface area contributed by atoms with Crippen LogP contribution in [-0.2, 0) is 5.60 Å². The minimum atomic E-state index is -0.855. The van der Waals surface area contributed by atoms with Gasteiger partial charge in [0.1, 0.15) is 5.82 Å². The predicted octanol–water partition coefficient (Wildman–Crippen LogP) is 2.75. The summed E-state index contributed by atoms with van der Waals surface area (Å²) in [7, 11) is 0. The van der Waals surface area contributed by atoms with E-state index in [1.54, 1.807) is 13.0 Å². The summed E-state index contributed by atoms with van der Waals surface area (Å²) in [6.07, 6.45) is 2.09. The summed E-state index contributed by atoms with van der Waals surface area (Å²) < 4.78 is 13.1. The SMILES string of the molecule is Cc1ccc(F)cc1C(C)(O)C1CC1. The maximum Gasteiger partial charge on any atom is 0.123 e. The fourth-order valence-electron chi connectivity index (χ4n) is 2.00. The van der Waals surface area contributed by atoms with Crippen LogP contribution in [0.2, 0.25) is 0 Å². The Morgan fingerprint density at radius 1 is 1.43 bits per heavy atom. The lowest BCUT2D eigenvalue weighted by molar-refractivity contribution is 0.0321. The maximum absolute atomic E-state index is 13.1. The van der Waals surface area contributed by atoms with Crippen LogP contribution in [0.3, 0.4) is 0 Å². The minimum Gasteiger partial charge on any atom is -0.385 e. The van der Waals surface area contributed by atoms with Crippen molar-refractivity contribution in [3.8, 4) is 0 Å². The molecule has 0 radical (unpaired) electrons. The highest BCUT2D eigenvalue weighted by Crippen LogP contribution is 2.46. The number of halogens is 1. The average Bonchev–Trinajstić information content (AvgIpc) is 2.91. The van der Waals surface area contributed by atoms with Crippen LogP contribution >= 0.6 is 0 Å². The van der Waals surface area contributed by atoms with Gasteiger partial charge in [-0.15, -0.1) is 0 Å². The fraction of sp³-hybridized carbons (Fsp3) is 0.500. The van der Waals surface area contributed by atoms with Gasteiger partial charge in [0.05, 0.1) is 5.60 Å². The molecule has 0 aromatic heterocycles. The summed E-state index contributed by atoms with van der Waals surface area (Å²) in [6.45, 7) is 3.69. The standard InChI is InChI=1S/C12H15FO/c1-8-3-6-10(13)7-11(8)12(2,14)9-4-5-9/h3,6-7,9,14H,4-5H2,1-2H3. The first-order valence-corrected chi connectivity index (χ1v) is 5.01. The molecule has 1 unspecified atom stereocenters. The lowest BCUT2D eigenvalue weighted by atomic mass is 9.88. The molecular formula is C12H15FO. The van der Waals surface area contributed by atoms with Gasteiger partial charge in [-0.25, -0.2) is 4.39 Å². The van der Waals surface area contributed by atoms with Crippen molar-refractivity contribution < 1.29 is 9.50 Å². The molecule has 1 saturated carbocycles. The molecule has 2 heteroatoms. The third kappa shape index (κ3) is 1.55. The highest BCUT2D eigenvalue weighted by molar-refractivity contribution is 5.32. The van der Waals surface area contributed by atoms with Crippen LogP contribution < -0.4 is 0 Å². The summed E-state index contributed by atoms with van der Waals surface area (Å²) >= 11 is 0. The highest BCUT2D eigenvalue weighted by atomic mass is 19.1. The van der Waals surface area contributed by atoms with Crippen LogP contribution in [0.4, 0.5) is 4.39 Å². The van der Waals surface area contributed by atoms with Gasteiger partial charge in [-0.2, -0.15) is 0 Å². The van der Waals surface area contributed by atoms with E-state index in [1.807, 2.05) is 6.92 Å². The third-order valence-electron chi connectivity index (χ3n) is 3.12. The van der Waals surface area contributed by atoms with E-state index in [-0.39, 0.29) is 5.82 Å². The molecule has 1 nitrogen and oxygen atoms in total. The van der Waals surface area contributed by atoms with Crippen molar-refractivity contribution in [1.29, 1.82) is 0 Å². The lowest BCUT2D eigenvalue weighted by Gasteiger charge is -2.25. The summed E-state index contributed by atoms with van der Waals surface area (Å²) in [5, 5.41) is 10.3. The van der Waals surface area contributed by atoms with Crippen molar-refractivity contribution in [2.75, 3.05) is 0 Å². The molecule has 0 saturated heterocycles. The molecule has 76 valence electrons. The van der Waals surface area contributed by atoms with Crippen molar-refractivity contribution in [3.63, 3.8) is 0 Å². The molecule has 0 bridgehead atoms. The Balaban J connectivity index is 2.43. The van der Waals surface area contributed by atoms with Crippen LogP contribution in [0, 0.1) is 18.7 Å². The van der Waals surface area contributed by atoms with E-state index >= 15 is 0 Å². The van der Waals surface area contributed by atoms with Crippen molar-refractivity contribution in [2.24, 2.45) is 5.92 Å². The second-order valence-electron chi connectivity index (χ2n) is 4.38. The summed E-state index contributed by atoms with van der Waals surface area (Å²) in [5.74, 6) is 0.0366. The van der Waals surface area contributed by atoms with Crippen LogP contribution in [0.1, 0.15) is 30.9 Å². The molecule has 1 aromatic carbocycles. The van der Waals surface area contributed by atoms with Gasteiger partial charge in [0.25, 0.3) is 0 Å². The fourth-order valence-corrected chi connectivity index (χ4v) is 2.00. The molecule has 1 atom stereocenters. The third-order valence-corrected chi connectivity index (χ3v) is 3.12. The lowest BCUT2D eigenvalue weighted by Crippen LogP contribution is -2.25. The van der Waals surface area contributed by atoms with Crippen molar-refractivity contribution in [1.82, 2.24) is 0 Å². The Kier molecular flexibility index (Phi) is 2.11. The molecule has 1 aromatic rings. The van der Waals surface area contributed by atoms with E-state index in [0.29, 0.717) is 5.92 Å². The zero-order valence-electron chi connectivity index (χ0n) is 8.55. The van der Waals surface area contributed by atoms with Gasteiger partial charge < -0.3 is 5.11 Å². The van der Waals surface area contributed by atoms with Gasteiger partial charge in [0.15, 0.2) is 0 Å². The van der Waals surface area contributed by atoms with Crippen molar-refractivity contribution >= 4 is 0 Å². The zero-order chi connectivity index (χ0) is 10.3. The zero-order valence-corrected chi connectivity index (χ0v) is 8.55. The number of aliphatic hydroxyl groups is 1. The van der Waals surface area contributed by atoms with E-state index in [9.17, 15) is 9.50 Å². The Bertz CT molecular complexity index is 353. The molecule has 0 heterocycles. The van der Waals surface area contributed by atoms with Gasteiger partial charge in [0, 0.05) is 0 Å². The first-order chi connectivity index (χ1) is 6.51. The Morgan fingerprint density at radius 2 is 2.07 bits per heavy atom. The van der Waals surface area contributed by atoms with Gasteiger partial charge in [-0.3, -0.25) is 0 Å². The van der Waals surface area contributed by atoms with Gasteiger partial charge in [-0.05, 0) is 55.9 Å². The van der Waals surface area contributed by atoms with E-state index in [4.69, 9.17) is 0 Å². The highest BCUT2D eigenvalue weighted by Gasteiger charge is 2.41. The quantitative estimate of drug-likeness (QED) is 0.767. The van der Waals surface area contributed by atoms with Gasteiger partial charge in [0.2, 0.25) is 0 Å². The van der Waals surface area contributed by atoms with Crippen molar-refractivity contribution in [2.45, 2.75) is 32.3 Å². The minimum absolute atomic E-state index is 0.272. The van der Waals surface area contributed by atoms with E-state index in [0.717, 1.165) is 24.0 Å². The molecular weight excluding hydrogens is 179 g/mol. The Labute approximate surface area is 83.6 Å². The van der Waals surface area contributed by atoms with Crippen LogP contribution in [0.25, 0.3) is 0 Å². The van der Waals surface area contributed by atoms with Crippen LogP contribution in [0.15, 0.2) is 18.2 Å². The number of benzene rings is 1. The van der Waals surface area contributed by atoms with Crippen LogP contribution in [0.5, 0.6) is 0 Å². The second kappa shape index (κ2) is 3.06.